The van der Waals surface area contributed by atoms with E-state index in [2.05, 4.69) is 21.0 Å². The van der Waals surface area contributed by atoms with Crippen LogP contribution < -0.4 is 0 Å². The van der Waals surface area contributed by atoms with Crippen LogP contribution in [0.4, 0.5) is 4.39 Å². The second-order valence-electron chi connectivity index (χ2n) is 6.27. The van der Waals surface area contributed by atoms with Crippen molar-refractivity contribution in [2.75, 3.05) is 0 Å². The highest BCUT2D eigenvalue weighted by atomic mass is 19.1. The van der Waals surface area contributed by atoms with Crippen LogP contribution in [0.1, 0.15) is 22.8 Å². The molecule has 4 rings (SSSR count). The molecule has 3 heterocycles. The van der Waals surface area contributed by atoms with E-state index in [4.69, 9.17) is 0 Å². The van der Waals surface area contributed by atoms with Crippen LogP contribution in [0.5, 0.6) is 0 Å². The summed E-state index contributed by atoms with van der Waals surface area (Å²) in [6.45, 7) is 3.98. The Balaban J connectivity index is 1.80. The zero-order valence-electron chi connectivity index (χ0n) is 14.9. The average molecular weight is 357 g/mol. The summed E-state index contributed by atoms with van der Waals surface area (Å²) < 4.78 is 15.4. The molecular formula is C21H16FN5. The highest BCUT2D eigenvalue weighted by Crippen LogP contribution is 2.25. The Morgan fingerprint density at radius 3 is 2.81 bits per heavy atom. The number of halogens is 1. The van der Waals surface area contributed by atoms with E-state index < -0.39 is 0 Å². The van der Waals surface area contributed by atoms with Crippen molar-refractivity contribution in [1.82, 2.24) is 19.5 Å². The molecule has 0 saturated carbocycles. The topological polar surface area (TPSA) is 70.3 Å². The summed E-state index contributed by atoms with van der Waals surface area (Å²) in [5, 5.41) is 9.63. The summed E-state index contributed by atoms with van der Waals surface area (Å²) in [5.74, 6) is 0.893. The monoisotopic (exact) mass is 357 g/mol. The summed E-state index contributed by atoms with van der Waals surface area (Å²) in [7, 11) is 0. The van der Waals surface area contributed by atoms with E-state index in [9.17, 15) is 9.65 Å². The van der Waals surface area contributed by atoms with Gasteiger partial charge in [-0.05, 0) is 61.9 Å². The third-order valence-corrected chi connectivity index (χ3v) is 4.47. The summed E-state index contributed by atoms with van der Waals surface area (Å²) in [4.78, 5) is 11.8. The van der Waals surface area contributed by atoms with Gasteiger partial charge in [-0.3, -0.25) is 0 Å². The first kappa shape index (κ1) is 16.7. The first-order valence-electron chi connectivity index (χ1n) is 8.44. The second kappa shape index (κ2) is 6.54. The van der Waals surface area contributed by atoms with Crippen LogP contribution in [0.15, 0.2) is 48.7 Å². The largest absolute Gasteiger partial charge is 0.337 e. The molecule has 1 N–H and O–H groups in total. The predicted octanol–water partition coefficient (Wildman–Crippen LogP) is 4.57. The number of aromatic amines is 1. The van der Waals surface area contributed by atoms with Gasteiger partial charge in [0.15, 0.2) is 0 Å². The first-order chi connectivity index (χ1) is 13.1. The minimum atomic E-state index is -0.348. The maximum absolute atomic E-state index is 13.4. The lowest BCUT2D eigenvalue weighted by Crippen LogP contribution is -2.01. The first-order valence-corrected chi connectivity index (χ1v) is 8.44. The van der Waals surface area contributed by atoms with Crippen LogP contribution >= 0.6 is 0 Å². The molecule has 4 aromatic rings. The Bertz CT molecular complexity index is 1210. The van der Waals surface area contributed by atoms with Crippen molar-refractivity contribution in [2.24, 2.45) is 0 Å². The van der Waals surface area contributed by atoms with Crippen LogP contribution in [-0.4, -0.2) is 19.5 Å². The summed E-state index contributed by atoms with van der Waals surface area (Å²) in [5.41, 5.74) is 4.45. The Hall–Kier alpha value is -3.72. The number of pyridine rings is 1. The van der Waals surface area contributed by atoms with E-state index in [0.29, 0.717) is 22.4 Å². The van der Waals surface area contributed by atoms with Gasteiger partial charge in [-0.15, -0.1) is 0 Å². The van der Waals surface area contributed by atoms with Crippen molar-refractivity contribution in [2.45, 2.75) is 13.8 Å². The smallest absolute Gasteiger partial charge is 0.149 e. The number of aromatic nitrogens is 4. The van der Waals surface area contributed by atoms with Crippen LogP contribution in [0, 0.1) is 31.0 Å². The minimum absolute atomic E-state index is 0.348. The number of nitriles is 1. The molecule has 0 radical (unpaired) electrons. The third-order valence-electron chi connectivity index (χ3n) is 4.47. The van der Waals surface area contributed by atoms with Crippen molar-refractivity contribution in [3.05, 3.63) is 77.3 Å². The molecule has 0 atom stereocenters. The molecule has 0 bridgehead atoms. The number of nitrogens with zero attached hydrogens (tertiary/aromatic N) is 4. The summed E-state index contributed by atoms with van der Waals surface area (Å²) in [6.07, 6.45) is 3.54. The number of imidazole rings is 1. The molecule has 0 fully saturated rings. The molecule has 0 amide bonds. The number of nitrogens with one attached hydrogen (secondary N) is 1. The third kappa shape index (κ3) is 3.00. The number of hydrogen-bond acceptors (Lipinski definition) is 3. The quantitative estimate of drug-likeness (QED) is 0.546. The molecule has 0 spiro atoms. The number of benzene rings is 1. The maximum Gasteiger partial charge on any atom is 0.149 e. The van der Waals surface area contributed by atoms with E-state index in [-0.39, 0.29) is 5.82 Å². The summed E-state index contributed by atoms with van der Waals surface area (Å²) in [6, 6.07) is 14.2. The average Bonchev–Trinajstić information content (AvgIpc) is 3.20. The molecule has 5 nitrogen and oxygen atoms in total. The zero-order chi connectivity index (χ0) is 19.0. The Morgan fingerprint density at radius 1 is 1.22 bits per heavy atom. The van der Waals surface area contributed by atoms with Crippen molar-refractivity contribution >= 4 is 22.7 Å². The standard InChI is InChI=1S/C21H16FN5/c1-13-9-15(14(2)27(13)20-5-3-4-8-24-20)10-16(12-23)21-25-18-7-6-17(22)11-19(18)26-21/h3-11H,1-2H3,(H,25,26)/b16-10-. The number of rotatable bonds is 3. The van der Waals surface area contributed by atoms with Gasteiger partial charge >= 0.3 is 0 Å². The van der Waals surface area contributed by atoms with Gasteiger partial charge in [-0.2, -0.15) is 5.26 Å². The number of allylic oxidation sites excluding steroid dienone is 1. The zero-order valence-corrected chi connectivity index (χ0v) is 14.9. The number of H-pyrrole nitrogens is 1. The molecule has 132 valence electrons. The van der Waals surface area contributed by atoms with Gasteiger partial charge in [-0.25, -0.2) is 14.4 Å². The Morgan fingerprint density at radius 2 is 2.07 bits per heavy atom. The molecule has 1 aromatic carbocycles. The summed E-state index contributed by atoms with van der Waals surface area (Å²) >= 11 is 0. The van der Waals surface area contributed by atoms with Gasteiger partial charge in [-0.1, -0.05) is 6.07 Å². The molecule has 27 heavy (non-hydrogen) atoms. The maximum atomic E-state index is 13.4. The van der Waals surface area contributed by atoms with E-state index >= 15 is 0 Å². The normalized spacial score (nSPS) is 11.7. The lowest BCUT2D eigenvalue weighted by molar-refractivity contribution is 0.629. The van der Waals surface area contributed by atoms with Crippen LogP contribution in [0.25, 0.3) is 28.5 Å². The lowest BCUT2D eigenvalue weighted by Gasteiger charge is -2.07. The van der Waals surface area contributed by atoms with Gasteiger partial charge < -0.3 is 9.55 Å². The Labute approximate surface area is 155 Å². The fraction of sp³-hybridized carbons (Fsp3) is 0.0952. The second-order valence-corrected chi connectivity index (χ2v) is 6.27. The molecule has 0 aliphatic carbocycles. The van der Waals surface area contributed by atoms with E-state index in [1.165, 1.54) is 12.1 Å². The number of hydrogen-bond donors (Lipinski definition) is 1. The molecule has 0 unspecified atom stereocenters. The van der Waals surface area contributed by atoms with Crippen molar-refractivity contribution in [1.29, 1.82) is 5.26 Å². The van der Waals surface area contributed by atoms with Crippen molar-refractivity contribution in [3.63, 3.8) is 0 Å². The highest BCUT2D eigenvalue weighted by molar-refractivity contribution is 5.90. The van der Waals surface area contributed by atoms with Crippen LogP contribution in [-0.2, 0) is 0 Å². The Kier molecular flexibility index (Phi) is 4.05. The SMILES string of the molecule is Cc1cc(/C=C(/C#N)c2nc3ccc(F)cc3[nH]2)c(C)n1-c1ccccn1. The van der Waals surface area contributed by atoms with Gasteiger partial charge in [0.1, 0.15) is 23.5 Å². The van der Waals surface area contributed by atoms with Crippen molar-refractivity contribution < 1.29 is 4.39 Å². The fourth-order valence-corrected chi connectivity index (χ4v) is 3.19. The van der Waals surface area contributed by atoms with Crippen LogP contribution in [0.3, 0.4) is 0 Å². The molecule has 0 aliphatic heterocycles. The number of fused-ring (bicyclic) bond motifs is 1. The lowest BCUT2D eigenvalue weighted by atomic mass is 10.1. The molecule has 6 heteroatoms. The van der Waals surface area contributed by atoms with E-state index in [0.717, 1.165) is 22.8 Å². The highest BCUT2D eigenvalue weighted by Gasteiger charge is 2.13. The molecule has 3 aromatic heterocycles. The van der Waals surface area contributed by atoms with Crippen LogP contribution in [0.2, 0.25) is 0 Å². The van der Waals surface area contributed by atoms with E-state index in [1.807, 2.05) is 42.7 Å². The molecule has 0 aliphatic rings. The molecular weight excluding hydrogens is 341 g/mol. The predicted molar refractivity (Wildman–Crippen MR) is 103 cm³/mol. The van der Waals surface area contributed by atoms with Gasteiger partial charge in [0, 0.05) is 17.6 Å². The van der Waals surface area contributed by atoms with Gasteiger partial charge in [0.25, 0.3) is 0 Å². The van der Waals surface area contributed by atoms with Gasteiger partial charge in [0.2, 0.25) is 0 Å². The fourth-order valence-electron chi connectivity index (χ4n) is 3.19. The van der Waals surface area contributed by atoms with Gasteiger partial charge in [0.05, 0.1) is 16.6 Å². The molecule has 0 saturated heterocycles. The number of aryl methyl sites for hydroxylation is 1. The minimum Gasteiger partial charge on any atom is -0.337 e. The van der Waals surface area contributed by atoms with Crippen molar-refractivity contribution in [3.8, 4) is 11.9 Å². The van der Waals surface area contributed by atoms with E-state index in [1.54, 1.807) is 18.3 Å².